The van der Waals surface area contributed by atoms with E-state index in [1.807, 2.05) is 0 Å². The summed E-state index contributed by atoms with van der Waals surface area (Å²) in [7, 11) is -2.22. The molecule has 5 nitrogen and oxygen atoms in total. The maximum atomic E-state index is 12.9. The number of likely N-dealkylation sites (N-methyl/N-ethyl adjacent to an activating group) is 1. The van der Waals surface area contributed by atoms with E-state index in [0.29, 0.717) is 16.4 Å². The standard InChI is InChI=1S/C15H13ClN2O3S/c1-17-13-7-2-3-8-14(13)18(10-15(17)19)22(20,21)12-6-4-5-11(16)9-12/h2-9H,10H2,1H3. The lowest BCUT2D eigenvalue weighted by Crippen LogP contribution is -2.46. The average molecular weight is 337 g/mol. The number of benzene rings is 2. The first-order chi connectivity index (χ1) is 10.4. The molecule has 2 aromatic carbocycles. The number of sulfonamides is 1. The summed E-state index contributed by atoms with van der Waals surface area (Å²) in [5.74, 6) is -0.288. The van der Waals surface area contributed by atoms with Crippen LogP contribution in [-0.4, -0.2) is 27.9 Å². The summed E-state index contributed by atoms with van der Waals surface area (Å²) in [6, 6.07) is 12.9. The van der Waals surface area contributed by atoms with Gasteiger partial charge in [0.05, 0.1) is 16.3 Å². The van der Waals surface area contributed by atoms with Crippen LogP contribution in [0.5, 0.6) is 0 Å². The Bertz CT molecular complexity index is 851. The minimum atomic E-state index is -3.85. The van der Waals surface area contributed by atoms with Crippen molar-refractivity contribution in [2.75, 3.05) is 22.8 Å². The molecular formula is C15H13ClN2O3S. The summed E-state index contributed by atoms with van der Waals surface area (Å²) in [5.41, 5.74) is 1.04. The number of rotatable bonds is 2. The van der Waals surface area contributed by atoms with Crippen LogP contribution in [0.25, 0.3) is 0 Å². The van der Waals surface area contributed by atoms with E-state index in [9.17, 15) is 13.2 Å². The van der Waals surface area contributed by atoms with Crippen molar-refractivity contribution in [3.63, 3.8) is 0 Å². The molecule has 0 fully saturated rings. The summed E-state index contributed by atoms with van der Waals surface area (Å²) < 4.78 is 26.8. The van der Waals surface area contributed by atoms with Gasteiger partial charge in [-0.15, -0.1) is 0 Å². The molecule has 0 spiro atoms. The van der Waals surface area contributed by atoms with Crippen molar-refractivity contribution in [3.8, 4) is 0 Å². The fraction of sp³-hybridized carbons (Fsp3) is 0.133. The van der Waals surface area contributed by atoms with Crippen LogP contribution in [0.4, 0.5) is 11.4 Å². The summed E-state index contributed by atoms with van der Waals surface area (Å²) in [5, 5.41) is 0.329. The Balaban J connectivity index is 2.16. The van der Waals surface area contributed by atoms with Crippen LogP contribution < -0.4 is 9.21 Å². The Morgan fingerprint density at radius 2 is 1.73 bits per heavy atom. The highest BCUT2D eigenvalue weighted by Crippen LogP contribution is 2.36. The molecule has 22 heavy (non-hydrogen) atoms. The highest BCUT2D eigenvalue weighted by molar-refractivity contribution is 7.92. The quantitative estimate of drug-likeness (QED) is 0.846. The molecule has 0 atom stereocenters. The van der Waals surface area contributed by atoms with Crippen LogP contribution in [0, 0.1) is 0 Å². The zero-order valence-corrected chi connectivity index (χ0v) is 13.3. The number of fused-ring (bicyclic) bond motifs is 1. The number of para-hydroxylation sites is 2. The first kappa shape index (κ1) is 14.9. The van der Waals surface area contributed by atoms with Crippen molar-refractivity contribution < 1.29 is 13.2 Å². The van der Waals surface area contributed by atoms with Crippen LogP contribution in [0.2, 0.25) is 5.02 Å². The van der Waals surface area contributed by atoms with Gasteiger partial charge in [-0.05, 0) is 30.3 Å². The normalized spacial score (nSPS) is 14.9. The predicted octanol–water partition coefficient (Wildman–Crippen LogP) is 2.51. The third-order valence-corrected chi connectivity index (χ3v) is 5.54. The number of amides is 1. The Kier molecular flexibility index (Phi) is 3.58. The molecule has 3 rings (SSSR count). The monoisotopic (exact) mass is 336 g/mol. The third kappa shape index (κ3) is 2.34. The molecule has 0 aliphatic carbocycles. The van der Waals surface area contributed by atoms with E-state index >= 15 is 0 Å². The molecule has 0 saturated heterocycles. The minimum Gasteiger partial charge on any atom is -0.312 e. The molecule has 0 aromatic heterocycles. The molecule has 0 radical (unpaired) electrons. The van der Waals surface area contributed by atoms with E-state index in [1.165, 1.54) is 17.0 Å². The van der Waals surface area contributed by atoms with Crippen molar-refractivity contribution in [2.45, 2.75) is 4.90 Å². The third-order valence-electron chi connectivity index (χ3n) is 3.55. The molecule has 1 aliphatic heterocycles. The second-order valence-electron chi connectivity index (χ2n) is 4.91. The van der Waals surface area contributed by atoms with Gasteiger partial charge in [0.2, 0.25) is 5.91 Å². The molecule has 114 valence electrons. The zero-order valence-electron chi connectivity index (χ0n) is 11.7. The lowest BCUT2D eigenvalue weighted by atomic mass is 10.2. The van der Waals surface area contributed by atoms with Crippen LogP contribution >= 0.6 is 11.6 Å². The van der Waals surface area contributed by atoms with Gasteiger partial charge in [-0.25, -0.2) is 8.42 Å². The van der Waals surface area contributed by atoms with Gasteiger partial charge >= 0.3 is 0 Å². The Morgan fingerprint density at radius 1 is 1.05 bits per heavy atom. The van der Waals surface area contributed by atoms with E-state index < -0.39 is 10.0 Å². The molecule has 1 amide bonds. The number of carbonyl (C=O) groups is 1. The van der Waals surface area contributed by atoms with E-state index in [-0.39, 0.29) is 17.3 Å². The van der Waals surface area contributed by atoms with Crippen LogP contribution in [-0.2, 0) is 14.8 Å². The molecule has 0 bridgehead atoms. The van der Waals surface area contributed by atoms with Gasteiger partial charge in [0.25, 0.3) is 10.0 Å². The summed E-state index contributed by atoms with van der Waals surface area (Å²) in [6.07, 6.45) is 0. The fourth-order valence-electron chi connectivity index (χ4n) is 2.38. The number of hydrogen-bond donors (Lipinski definition) is 0. The number of halogens is 1. The van der Waals surface area contributed by atoms with Gasteiger partial charge in [0.1, 0.15) is 6.54 Å². The van der Waals surface area contributed by atoms with Gasteiger partial charge in [0.15, 0.2) is 0 Å². The van der Waals surface area contributed by atoms with Gasteiger partial charge in [-0.3, -0.25) is 9.10 Å². The zero-order chi connectivity index (χ0) is 15.9. The van der Waals surface area contributed by atoms with E-state index in [1.54, 1.807) is 43.4 Å². The summed E-state index contributed by atoms with van der Waals surface area (Å²) >= 11 is 5.88. The first-order valence-electron chi connectivity index (χ1n) is 6.55. The minimum absolute atomic E-state index is 0.0622. The van der Waals surface area contributed by atoms with Crippen molar-refractivity contribution in [1.82, 2.24) is 0 Å². The van der Waals surface area contributed by atoms with Crippen molar-refractivity contribution in [2.24, 2.45) is 0 Å². The lowest BCUT2D eigenvalue weighted by Gasteiger charge is -2.34. The summed E-state index contributed by atoms with van der Waals surface area (Å²) in [4.78, 5) is 13.6. The maximum Gasteiger partial charge on any atom is 0.264 e. The largest absolute Gasteiger partial charge is 0.312 e. The van der Waals surface area contributed by atoms with Gasteiger partial charge in [-0.1, -0.05) is 29.8 Å². The Hall–Kier alpha value is -2.05. The number of carbonyl (C=O) groups excluding carboxylic acids is 1. The highest BCUT2D eigenvalue weighted by Gasteiger charge is 2.34. The highest BCUT2D eigenvalue weighted by atomic mass is 35.5. The Morgan fingerprint density at radius 3 is 2.41 bits per heavy atom. The number of nitrogens with zero attached hydrogens (tertiary/aromatic N) is 2. The van der Waals surface area contributed by atoms with Crippen molar-refractivity contribution >= 4 is 38.9 Å². The second-order valence-corrected chi connectivity index (χ2v) is 7.21. The van der Waals surface area contributed by atoms with Crippen LogP contribution in [0.1, 0.15) is 0 Å². The SMILES string of the molecule is CN1C(=O)CN(S(=O)(=O)c2cccc(Cl)c2)c2ccccc21. The smallest absolute Gasteiger partial charge is 0.264 e. The molecule has 1 heterocycles. The maximum absolute atomic E-state index is 12.9. The van der Waals surface area contributed by atoms with Gasteiger partial charge in [0, 0.05) is 12.1 Å². The number of hydrogen-bond acceptors (Lipinski definition) is 3. The van der Waals surface area contributed by atoms with Crippen LogP contribution in [0.3, 0.4) is 0 Å². The second kappa shape index (κ2) is 5.30. The molecule has 0 unspecified atom stereocenters. The lowest BCUT2D eigenvalue weighted by molar-refractivity contribution is -0.117. The molecule has 0 N–H and O–H groups in total. The molecule has 7 heteroatoms. The van der Waals surface area contributed by atoms with Crippen LogP contribution in [0.15, 0.2) is 53.4 Å². The molecule has 0 saturated carbocycles. The van der Waals surface area contributed by atoms with Gasteiger partial charge < -0.3 is 4.90 Å². The average Bonchev–Trinajstić information content (AvgIpc) is 2.51. The molecular weight excluding hydrogens is 324 g/mol. The van der Waals surface area contributed by atoms with E-state index in [0.717, 1.165) is 4.31 Å². The van der Waals surface area contributed by atoms with E-state index in [4.69, 9.17) is 11.6 Å². The van der Waals surface area contributed by atoms with Crippen molar-refractivity contribution in [1.29, 1.82) is 0 Å². The Labute approximate surface area is 133 Å². The summed E-state index contributed by atoms with van der Waals surface area (Å²) in [6.45, 7) is -0.234. The fourth-order valence-corrected chi connectivity index (χ4v) is 4.11. The van der Waals surface area contributed by atoms with Crippen molar-refractivity contribution in [3.05, 3.63) is 53.6 Å². The van der Waals surface area contributed by atoms with E-state index in [2.05, 4.69) is 0 Å². The molecule has 1 aliphatic rings. The number of anilines is 2. The van der Waals surface area contributed by atoms with Gasteiger partial charge in [-0.2, -0.15) is 0 Å². The molecule has 2 aromatic rings. The topological polar surface area (TPSA) is 57.7 Å². The predicted molar refractivity (Wildman–Crippen MR) is 85.8 cm³/mol. The first-order valence-corrected chi connectivity index (χ1v) is 8.37.